The summed E-state index contributed by atoms with van der Waals surface area (Å²) >= 11 is 11.0. The van der Waals surface area contributed by atoms with E-state index in [0.717, 1.165) is 17.7 Å². The van der Waals surface area contributed by atoms with E-state index in [9.17, 15) is 9.59 Å². The van der Waals surface area contributed by atoms with Gasteiger partial charge < -0.3 is 9.26 Å². The Balaban J connectivity index is 3.04. The largest absolute Gasteiger partial charge is 0.425 e. The molecule has 22 heavy (non-hydrogen) atoms. The van der Waals surface area contributed by atoms with Crippen molar-refractivity contribution >= 4 is 36.1 Å². The third-order valence-corrected chi connectivity index (χ3v) is 4.73. The molecule has 0 aliphatic heterocycles. The lowest BCUT2D eigenvalue weighted by Crippen LogP contribution is -2.26. The Morgan fingerprint density at radius 3 is 2.50 bits per heavy atom. The lowest BCUT2D eigenvalue weighted by molar-refractivity contribution is -0.146. The minimum absolute atomic E-state index is 0.0253. The second-order valence-electron chi connectivity index (χ2n) is 3.73. The van der Waals surface area contributed by atoms with Crippen molar-refractivity contribution in [1.82, 2.24) is 9.78 Å². The van der Waals surface area contributed by atoms with Gasteiger partial charge in [0.15, 0.2) is 0 Å². The number of rotatable bonds is 8. The van der Waals surface area contributed by atoms with Gasteiger partial charge in [0.25, 0.3) is 11.2 Å². The summed E-state index contributed by atoms with van der Waals surface area (Å²) in [5.41, 5.74) is -1.97. The molecule has 0 saturated heterocycles. The van der Waals surface area contributed by atoms with Crippen LogP contribution in [0.25, 0.3) is 0 Å². The molecule has 8 nitrogen and oxygen atoms in total. The van der Waals surface area contributed by atoms with Crippen LogP contribution in [0.5, 0.6) is 5.88 Å². The molecule has 0 aliphatic carbocycles. The predicted octanol–water partition coefficient (Wildman–Crippen LogP) is 2.18. The minimum atomic E-state index is -3.03. The van der Waals surface area contributed by atoms with Crippen LogP contribution in [0.4, 0.5) is 0 Å². The fraction of sp³-hybridized carbons (Fsp3) is 0.545. The molecule has 1 rings (SSSR count). The number of hydrogen-bond acceptors (Lipinski definition) is 8. The van der Waals surface area contributed by atoms with Gasteiger partial charge >= 0.3 is 12.7 Å². The maximum Gasteiger partial charge on any atom is 0.381 e. The molecule has 0 saturated carbocycles. The molecule has 1 unspecified atom stereocenters. The zero-order valence-corrected chi connectivity index (χ0v) is 14.7. The van der Waals surface area contributed by atoms with Gasteiger partial charge in [-0.05, 0) is 13.8 Å². The molecule has 0 bridgehead atoms. The van der Waals surface area contributed by atoms with Gasteiger partial charge in [-0.3, -0.25) is 18.6 Å². The SMILES string of the molecule is CCOP(=S)(OCC)Oc1ccc(=O)n(C(Cl)OC(C)=O)n1. The first-order valence-electron chi connectivity index (χ1n) is 6.31. The van der Waals surface area contributed by atoms with Crippen LogP contribution in [0.3, 0.4) is 0 Å². The highest BCUT2D eigenvalue weighted by atomic mass is 35.5. The summed E-state index contributed by atoms with van der Waals surface area (Å²) in [4.78, 5) is 22.6. The lowest BCUT2D eigenvalue weighted by atomic mass is 10.5. The molecule has 0 radical (unpaired) electrons. The highest BCUT2D eigenvalue weighted by molar-refractivity contribution is 8.07. The van der Waals surface area contributed by atoms with Crippen LogP contribution in [0.1, 0.15) is 26.5 Å². The summed E-state index contributed by atoms with van der Waals surface area (Å²) in [6, 6.07) is 2.45. The van der Waals surface area contributed by atoms with Gasteiger partial charge in [0.1, 0.15) is 0 Å². The van der Waals surface area contributed by atoms with E-state index < -0.39 is 23.9 Å². The summed E-state index contributed by atoms with van der Waals surface area (Å²) in [6.45, 7) is 2.20. The average molecular weight is 371 g/mol. The summed E-state index contributed by atoms with van der Waals surface area (Å²) in [6.07, 6.45) is 0. The van der Waals surface area contributed by atoms with Crippen LogP contribution in [0.15, 0.2) is 16.9 Å². The minimum Gasteiger partial charge on any atom is -0.425 e. The molecule has 0 aliphatic rings. The van der Waals surface area contributed by atoms with Crippen molar-refractivity contribution in [2.24, 2.45) is 0 Å². The van der Waals surface area contributed by atoms with Gasteiger partial charge in [-0.2, -0.15) is 4.68 Å². The first-order chi connectivity index (χ1) is 10.3. The quantitative estimate of drug-likeness (QED) is 0.391. The first-order valence-corrected chi connectivity index (χ1v) is 9.30. The highest BCUT2D eigenvalue weighted by Crippen LogP contribution is 2.49. The number of ether oxygens (including phenoxy) is 1. The predicted molar refractivity (Wildman–Crippen MR) is 83.3 cm³/mol. The maximum absolute atomic E-state index is 11.7. The Morgan fingerprint density at radius 1 is 1.41 bits per heavy atom. The van der Waals surface area contributed by atoms with Crippen molar-refractivity contribution in [2.75, 3.05) is 13.2 Å². The van der Waals surface area contributed by atoms with E-state index in [0.29, 0.717) is 13.2 Å². The number of carbonyl (C=O) groups is 1. The normalized spacial score (nSPS) is 12.7. The molecular weight excluding hydrogens is 355 g/mol. The Kier molecular flexibility index (Phi) is 7.44. The second-order valence-corrected chi connectivity index (χ2v) is 7.04. The molecule has 0 N–H and O–H groups in total. The molecule has 124 valence electrons. The van der Waals surface area contributed by atoms with Gasteiger partial charge in [0.05, 0.1) is 13.2 Å². The van der Waals surface area contributed by atoms with Crippen LogP contribution in [0.2, 0.25) is 0 Å². The van der Waals surface area contributed by atoms with E-state index in [2.05, 4.69) is 9.84 Å². The van der Waals surface area contributed by atoms with Crippen molar-refractivity contribution in [1.29, 1.82) is 0 Å². The van der Waals surface area contributed by atoms with Crippen molar-refractivity contribution < 1.29 is 23.1 Å². The molecule has 1 aromatic heterocycles. The van der Waals surface area contributed by atoms with Crippen LogP contribution < -0.4 is 10.1 Å². The van der Waals surface area contributed by atoms with Crippen molar-refractivity contribution in [3.8, 4) is 5.88 Å². The fourth-order valence-corrected chi connectivity index (χ4v) is 3.58. The third kappa shape index (κ3) is 5.66. The van der Waals surface area contributed by atoms with Crippen LogP contribution in [-0.2, 0) is 30.4 Å². The average Bonchev–Trinajstić information content (AvgIpc) is 2.40. The number of aromatic nitrogens is 2. The highest BCUT2D eigenvalue weighted by Gasteiger charge is 2.23. The van der Waals surface area contributed by atoms with Gasteiger partial charge in [-0.25, -0.2) is 0 Å². The maximum atomic E-state index is 11.7. The molecule has 1 aromatic rings. The summed E-state index contributed by atoms with van der Waals surface area (Å²) in [5.74, 6) is -0.684. The Hall–Kier alpha value is -0.990. The number of hydrogen-bond donors (Lipinski definition) is 0. The summed E-state index contributed by atoms with van der Waals surface area (Å²) < 4.78 is 21.5. The van der Waals surface area contributed by atoms with Crippen LogP contribution in [0, 0.1) is 0 Å². The van der Waals surface area contributed by atoms with E-state index in [1.54, 1.807) is 13.8 Å². The number of nitrogens with zero attached hydrogens (tertiary/aromatic N) is 2. The zero-order valence-electron chi connectivity index (χ0n) is 12.2. The van der Waals surface area contributed by atoms with Crippen molar-refractivity contribution in [3.63, 3.8) is 0 Å². The summed E-state index contributed by atoms with van der Waals surface area (Å²) in [7, 11) is 0. The van der Waals surface area contributed by atoms with Crippen LogP contribution >= 0.6 is 18.3 Å². The van der Waals surface area contributed by atoms with Gasteiger partial charge in [0.2, 0.25) is 5.88 Å². The lowest BCUT2D eigenvalue weighted by Gasteiger charge is -2.20. The van der Waals surface area contributed by atoms with Crippen LogP contribution in [-0.4, -0.2) is 29.0 Å². The number of carbonyl (C=O) groups excluding carboxylic acids is 1. The fourth-order valence-electron chi connectivity index (χ4n) is 1.31. The van der Waals surface area contributed by atoms with Gasteiger partial charge in [-0.1, -0.05) is 11.6 Å². The van der Waals surface area contributed by atoms with E-state index in [-0.39, 0.29) is 5.88 Å². The Morgan fingerprint density at radius 2 is 2.00 bits per heavy atom. The van der Waals surface area contributed by atoms with Gasteiger partial charge in [-0.15, -0.1) is 5.10 Å². The number of esters is 1. The van der Waals surface area contributed by atoms with Crippen molar-refractivity contribution in [2.45, 2.75) is 26.5 Å². The van der Waals surface area contributed by atoms with E-state index in [4.69, 9.17) is 37.0 Å². The standard InChI is InChI=1S/C11H16ClN2O6PS/c1-4-17-21(22,18-5-2)20-9-6-7-10(16)14(13-9)11(12)19-8(3)15/h6-7,11H,4-5H2,1-3H3. The van der Waals surface area contributed by atoms with Crippen molar-refractivity contribution in [3.05, 3.63) is 22.5 Å². The molecule has 11 heteroatoms. The molecule has 0 amide bonds. The third-order valence-electron chi connectivity index (χ3n) is 2.04. The smallest absolute Gasteiger partial charge is 0.381 e. The number of alkyl halides is 1. The topological polar surface area (TPSA) is 88.9 Å². The Bertz CT molecular complexity index is 615. The monoisotopic (exact) mass is 370 g/mol. The molecule has 1 atom stereocenters. The molecule has 0 spiro atoms. The molecule has 0 fully saturated rings. The van der Waals surface area contributed by atoms with Gasteiger partial charge in [0, 0.05) is 30.9 Å². The Labute approximate surface area is 137 Å². The van der Waals surface area contributed by atoms with E-state index in [1.165, 1.54) is 6.07 Å². The molecule has 0 aromatic carbocycles. The second kappa shape index (κ2) is 8.59. The summed E-state index contributed by atoms with van der Waals surface area (Å²) in [5, 5.41) is 3.85. The van der Waals surface area contributed by atoms with E-state index >= 15 is 0 Å². The molecular formula is C11H16ClN2O6PS. The zero-order chi connectivity index (χ0) is 16.8. The van der Waals surface area contributed by atoms with E-state index in [1.807, 2.05) is 0 Å². The first kappa shape index (κ1) is 19.1. The molecule has 1 heterocycles. The number of halogens is 1.